The van der Waals surface area contributed by atoms with E-state index in [-0.39, 0.29) is 17.6 Å². The summed E-state index contributed by atoms with van der Waals surface area (Å²) in [6.45, 7) is 4.52. The van der Waals surface area contributed by atoms with Crippen molar-refractivity contribution in [2.75, 3.05) is 5.32 Å². The van der Waals surface area contributed by atoms with Crippen LogP contribution in [0.15, 0.2) is 42.5 Å². The van der Waals surface area contributed by atoms with E-state index < -0.39 is 0 Å². The average Bonchev–Trinajstić information content (AvgIpc) is 2.92. The lowest BCUT2D eigenvalue weighted by atomic mass is 9.79. The summed E-state index contributed by atoms with van der Waals surface area (Å²) in [5, 5.41) is 13.5. The van der Waals surface area contributed by atoms with Gasteiger partial charge in [0.25, 0.3) is 0 Å². The lowest BCUT2D eigenvalue weighted by molar-refractivity contribution is -0.121. The van der Waals surface area contributed by atoms with Gasteiger partial charge in [0.05, 0.1) is 5.69 Å². The molecule has 3 rings (SSSR count). The van der Waals surface area contributed by atoms with Gasteiger partial charge in [0.2, 0.25) is 5.91 Å². The van der Waals surface area contributed by atoms with Crippen LogP contribution in [0.4, 0.5) is 5.69 Å². The normalized spacial score (nSPS) is 17.6. The van der Waals surface area contributed by atoms with E-state index in [0.29, 0.717) is 5.69 Å². The summed E-state index contributed by atoms with van der Waals surface area (Å²) in [5.41, 5.74) is 4.04. The fraction of sp³-hybridized carbons (Fsp3) is 0.618. The Balaban J connectivity index is 1.46. The summed E-state index contributed by atoms with van der Waals surface area (Å²) in [6, 6.07) is 14.3. The van der Waals surface area contributed by atoms with E-state index in [4.69, 9.17) is 0 Å². The summed E-state index contributed by atoms with van der Waals surface area (Å²) in [5.74, 6) is 1.03. The van der Waals surface area contributed by atoms with E-state index in [1.165, 1.54) is 82.6 Å². The first kappa shape index (κ1) is 29.3. The SMILES string of the molecule is CCCCCCCCCCc1ccc(-c2ccc(O)c(NC(=O)[C@H]3CC[C@H](CCCCC)CC3)c2)cc1. The van der Waals surface area contributed by atoms with E-state index in [2.05, 4.69) is 43.4 Å². The highest BCUT2D eigenvalue weighted by atomic mass is 16.3. The number of unbranched alkanes of at least 4 members (excludes halogenated alkanes) is 9. The zero-order chi connectivity index (χ0) is 26.3. The van der Waals surface area contributed by atoms with Crippen molar-refractivity contribution < 1.29 is 9.90 Å². The van der Waals surface area contributed by atoms with Crippen LogP contribution in [0.1, 0.15) is 122 Å². The Kier molecular flexibility index (Phi) is 13.1. The molecule has 1 aliphatic carbocycles. The van der Waals surface area contributed by atoms with Gasteiger partial charge in [-0.1, -0.05) is 115 Å². The molecule has 3 nitrogen and oxygen atoms in total. The minimum Gasteiger partial charge on any atom is -0.506 e. The molecule has 0 heterocycles. The highest BCUT2D eigenvalue weighted by molar-refractivity contribution is 5.94. The molecule has 0 atom stereocenters. The van der Waals surface area contributed by atoms with Crippen molar-refractivity contribution in [2.45, 2.75) is 123 Å². The third kappa shape index (κ3) is 10.2. The van der Waals surface area contributed by atoms with Gasteiger partial charge in [-0.15, -0.1) is 0 Å². The quantitative estimate of drug-likeness (QED) is 0.176. The second-order valence-corrected chi connectivity index (χ2v) is 11.4. The van der Waals surface area contributed by atoms with Gasteiger partial charge in [-0.2, -0.15) is 0 Å². The minimum atomic E-state index is 0.0557. The van der Waals surface area contributed by atoms with Gasteiger partial charge in [0.1, 0.15) is 5.75 Å². The van der Waals surface area contributed by atoms with E-state index in [0.717, 1.165) is 49.1 Å². The summed E-state index contributed by atoms with van der Waals surface area (Å²) >= 11 is 0. The first-order chi connectivity index (χ1) is 18.1. The number of carbonyl (C=O) groups excluding carboxylic acids is 1. The molecule has 2 aromatic carbocycles. The summed E-state index contributed by atoms with van der Waals surface area (Å²) < 4.78 is 0. The van der Waals surface area contributed by atoms with Gasteiger partial charge >= 0.3 is 0 Å². The molecule has 0 bridgehead atoms. The number of carbonyl (C=O) groups is 1. The van der Waals surface area contributed by atoms with E-state index in [1.54, 1.807) is 6.07 Å². The lowest BCUT2D eigenvalue weighted by Crippen LogP contribution is -2.27. The number of nitrogens with one attached hydrogen (secondary N) is 1. The summed E-state index contributed by atoms with van der Waals surface area (Å²) in [6.07, 6.45) is 21.3. The standard InChI is InChI=1S/C34H51NO2/c1-3-5-7-8-9-10-11-13-15-28-16-20-29(21-17-28)31-24-25-33(36)32(26-31)35-34(37)30-22-18-27(19-23-30)14-12-6-4-2/h16-17,20-21,24-27,30,36H,3-15,18-19,22-23H2,1-2H3,(H,35,37)/t27-,30-. The zero-order valence-electron chi connectivity index (χ0n) is 23.6. The van der Waals surface area contributed by atoms with Crippen LogP contribution in [0.5, 0.6) is 5.75 Å². The molecule has 1 saturated carbocycles. The molecule has 37 heavy (non-hydrogen) atoms. The molecule has 0 unspecified atom stereocenters. The van der Waals surface area contributed by atoms with Crippen molar-refractivity contribution in [2.24, 2.45) is 11.8 Å². The third-order valence-corrected chi connectivity index (χ3v) is 8.29. The van der Waals surface area contributed by atoms with E-state index in [9.17, 15) is 9.90 Å². The molecular formula is C34H51NO2. The van der Waals surface area contributed by atoms with E-state index >= 15 is 0 Å². The number of phenolic OH excluding ortho intramolecular Hbond substituents is 1. The fourth-order valence-electron chi connectivity index (χ4n) is 5.77. The van der Waals surface area contributed by atoms with Gasteiger partial charge in [-0.05, 0) is 73.3 Å². The first-order valence-electron chi connectivity index (χ1n) is 15.3. The van der Waals surface area contributed by atoms with Crippen LogP contribution >= 0.6 is 0 Å². The molecule has 1 fully saturated rings. The van der Waals surface area contributed by atoms with Crippen molar-refractivity contribution >= 4 is 11.6 Å². The molecule has 2 aromatic rings. The lowest BCUT2D eigenvalue weighted by Gasteiger charge is -2.28. The van der Waals surface area contributed by atoms with Crippen LogP contribution < -0.4 is 5.32 Å². The number of hydrogen-bond acceptors (Lipinski definition) is 2. The highest BCUT2D eigenvalue weighted by Crippen LogP contribution is 2.35. The number of anilines is 1. The Bertz CT molecular complexity index is 912. The van der Waals surface area contributed by atoms with Gasteiger partial charge in [-0.3, -0.25) is 4.79 Å². The molecule has 204 valence electrons. The van der Waals surface area contributed by atoms with Crippen molar-refractivity contribution in [3.63, 3.8) is 0 Å². The maximum absolute atomic E-state index is 13.0. The molecule has 0 saturated heterocycles. The molecule has 3 heteroatoms. The number of hydrogen-bond donors (Lipinski definition) is 2. The molecule has 2 N–H and O–H groups in total. The Morgan fingerprint density at radius 1 is 0.757 bits per heavy atom. The third-order valence-electron chi connectivity index (χ3n) is 8.29. The molecule has 1 amide bonds. The Hall–Kier alpha value is -2.29. The van der Waals surface area contributed by atoms with Crippen LogP contribution in [0.3, 0.4) is 0 Å². The van der Waals surface area contributed by atoms with Gasteiger partial charge in [-0.25, -0.2) is 0 Å². The van der Waals surface area contributed by atoms with Crippen LogP contribution in [-0.4, -0.2) is 11.0 Å². The number of amides is 1. The monoisotopic (exact) mass is 505 g/mol. The van der Waals surface area contributed by atoms with Crippen LogP contribution in [0, 0.1) is 11.8 Å². The van der Waals surface area contributed by atoms with E-state index in [1.807, 2.05) is 12.1 Å². The number of aryl methyl sites for hydroxylation is 1. The maximum Gasteiger partial charge on any atom is 0.227 e. The fourth-order valence-corrected chi connectivity index (χ4v) is 5.77. The smallest absolute Gasteiger partial charge is 0.227 e. The van der Waals surface area contributed by atoms with Gasteiger partial charge in [0.15, 0.2) is 0 Å². The van der Waals surface area contributed by atoms with Crippen LogP contribution in [-0.2, 0) is 11.2 Å². The Morgan fingerprint density at radius 2 is 1.35 bits per heavy atom. The number of benzene rings is 2. The zero-order valence-corrected chi connectivity index (χ0v) is 23.6. The number of phenols is 1. The predicted molar refractivity (Wildman–Crippen MR) is 158 cm³/mol. The molecule has 0 aromatic heterocycles. The molecule has 0 spiro atoms. The molecule has 1 aliphatic rings. The van der Waals surface area contributed by atoms with Crippen LogP contribution in [0.2, 0.25) is 0 Å². The average molecular weight is 506 g/mol. The largest absolute Gasteiger partial charge is 0.506 e. The molecule has 0 aliphatic heterocycles. The Labute approximate surface area is 226 Å². The van der Waals surface area contributed by atoms with Gasteiger partial charge < -0.3 is 10.4 Å². The second-order valence-electron chi connectivity index (χ2n) is 11.4. The second kappa shape index (κ2) is 16.5. The van der Waals surface area contributed by atoms with Crippen LogP contribution in [0.25, 0.3) is 11.1 Å². The number of aromatic hydroxyl groups is 1. The van der Waals surface area contributed by atoms with Crippen molar-refractivity contribution in [1.82, 2.24) is 0 Å². The van der Waals surface area contributed by atoms with Gasteiger partial charge in [0, 0.05) is 5.92 Å². The summed E-state index contributed by atoms with van der Waals surface area (Å²) in [4.78, 5) is 13.0. The molecular weight excluding hydrogens is 454 g/mol. The first-order valence-corrected chi connectivity index (χ1v) is 15.3. The topological polar surface area (TPSA) is 49.3 Å². The van der Waals surface area contributed by atoms with Crippen molar-refractivity contribution in [3.05, 3.63) is 48.0 Å². The maximum atomic E-state index is 13.0. The number of rotatable bonds is 16. The predicted octanol–water partition coefficient (Wildman–Crippen LogP) is 10.1. The van der Waals surface area contributed by atoms with Crippen molar-refractivity contribution in [3.8, 4) is 16.9 Å². The molecule has 0 radical (unpaired) electrons. The Morgan fingerprint density at radius 3 is 2.03 bits per heavy atom. The highest BCUT2D eigenvalue weighted by Gasteiger charge is 2.26. The summed E-state index contributed by atoms with van der Waals surface area (Å²) in [7, 11) is 0. The minimum absolute atomic E-state index is 0.0557. The van der Waals surface area contributed by atoms with Crippen molar-refractivity contribution in [1.29, 1.82) is 0 Å².